The maximum absolute atomic E-state index is 12.4. The van der Waals surface area contributed by atoms with Gasteiger partial charge in [0, 0.05) is 28.2 Å². The van der Waals surface area contributed by atoms with Crippen LogP contribution in [0.2, 0.25) is 5.02 Å². The molecule has 5 heteroatoms. The van der Waals surface area contributed by atoms with Gasteiger partial charge in [0.1, 0.15) is 0 Å². The van der Waals surface area contributed by atoms with Crippen LogP contribution in [0.5, 0.6) is 0 Å². The van der Waals surface area contributed by atoms with E-state index in [-0.39, 0.29) is 18.0 Å². The van der Waals surface area contributed by atoms with E-state index >= 15 is 0 Å². The first-order chi connectivity index (χ1) is 11.7. The molecule has 2 aromatic rings. The van der Waals surface area contributed by atoms with Crippen molar-refractivity contribution >= 4 is 28.4 Å². The lowest BCUT2D eigenvalue weighted by Gasteiger charge is -2.30. The molecule has 2 fully saturated rings. The SMILES string of the molecule is O=C(N[C@H]1CCC[C@@H](c2c[nH]c3ccc(Cl)cc23)C1)C1CCCN1. The van der Waals surface area contributed by atoms with E-state index in [1.807, 2.05) is 18.2 Å². The topological polar surface area (TPSA) is 56.9 Å². The van der Waals surface area contributed by atoms with Crippen molar-refractivity contribution in [3.63, 3.8) is 0 Å². The van der Waals surface area contributed by atoms with Gasteiger partial charge in [-0.3, -0.25) is 4.79 Å². The number of aromatic nitrogens is 1. The molecule has 1 aromatic carbocycles. The smallest absolute Gasteiger partial charge is 0.237 e. The summed E-state index contributed by atoms with van der Waals surface area (Å²) in [5, 5.41) is 8.55. The Morgan fingerprint density at radius 2 is 2.12 bits per heavy atom. The van der Waals surface area contributed by atoms with Crippen molar-refractivity contribution in [2.75, 3.05) is 6.54 Å². The summed E-state index contributed by atoms with van der Waals surface area (Å²) < 4.78 is 0. The summed E-state index contributed by atoms with van der Waals surface area (Å²) >= 11 is 6.18. The lowest BCUT2D eigenvalue weighted by molar-refractivity contribution is -0.123. The van der Waals surface area contributed by atoms with Gasteiger partial charge in [-0.15, -0.1) is 0 Å². The number of H-pyrrole nitrogens is 1. The Morgan fingerprint density at radius 1 is 1.21 bits per heavy atom. The fourth-order valence-corrected chi connectivity index (χ4v) is 4.44. The maximum atomic E-state index is 12.4. The highest BCUT2D eigenvalue weighted by Crippen LogP contribution is 2.37. The summed E-state index contributed by atoms with van der Waals surface area (Å²) in [6, 6.07) is 6.30. The third-order valence-electron chi connectivity index (χ3n) is 5.51. The summed E-state index contributed by atoms with van der Waals surface area (Å²) in [4.78, 5) is 15.7. The van der Waals surface area contributed by atoms with E-state index in [9.17, 15) is 4.79 Å². The van der Waals surface area contributed by atoms with E-state index in [1.54, 1.807) is 0 Å². The van der Waals surface area contributed by atoms with Gasteiger partial charge < -0.3 is 15.6 Å². The van der Waals surface area contributed by atoms with E-state index in [1.165, 1.54) is 17.4 Å². The van der Waals surface area contributed by atoms with E-state index in [4.69, 9.17) is 11.6 Å². The normalized spacial score (nSPS) is 27.5. The van der Waals surface area contributed by atoms with Gasteiger partial charge in [-0.2, -0.15) is 0 Å². The Labute approximate surface area is 147 Å². The number of halogens is 1. The van der Waals surface area contributed by atoms with Crippen LogP contribution in [0.25, 0.3) is 10.9 Å². The minimum absolute atomic E-state index is 0.0114. The first kappa shape index (κ1) is 16.0. The molecular weight excluding hydrogens is 322 g/mol. The van der Waals surface area contributed by atoms with E-state index in [0.29, 0.717) is 5.92 Å². The number of hydrogen-bond acceptors (Lipinski definition) is 2. The maximum Gasteiger partial charge on any atom is 0.237 e. The van der Waals surface area contributed by atoms with Gasteiger partial charge >= 0.3 is 0 Å². The molecule has 2 aliphatic rings. The molecule has 1 aromatic heterocycles. The van der Waals surface area contributed by atoms with Crippen LogP contribution in [0.3, 0.4) is 0 Å². The van der Waals surface area contributed by atoms with Gasteiger partial charge in [-0.05, 0) is 68.3 Å². The van der Waals surface area contributed by atoms with Crippen molar-refractivity contribution in [3.05, 3.63) is 35.0 Å². The predicted molar refractivity (Wildman–Crippen MR) is 97.5 cm³/mol. The molecule has 24 heavy (non-hydrogen) atoms. The molecule has 0 radical (unpaired) electrons. The number of rotatable bonds is 3. The van der Waals surface area contributed by atoms with Gasteiger partial charge in [0.2, 0.25) is 5.91 Å². The third-order valence-corrected chi connectivity index (χ3v) is 5.75. The molecule has 3 atom stereocenters. The Bertz CT molecular complexity index is 735. The van der Waals surface area contributed by atoms with Gasteiger partial charge in [-0.1, -0.05) is 18.0 Å². The minimum Gasteiger partial charge on any atom is -0.361 e. The first-order valence-corrected chi connectivity index (χ1v) is 9.39. The number of carbonyl (C=O) groups is 1. The highest BCUT2D eigenvalue weighted by Gasteiger charge is 2.29. The number of nitrogens with one attached hydrogen (secondary N) is 3. The molecular formula is C19H24ClN3O. The molecule has 1 saturated heterocycles. The number of amides is 1. The molecule has 1 amide bonds. The van der Waals surface area contributed by atoms with Crippen LogP contribution >= 0.6 is 11.6 Å². The molecule has 128 valence electrons. The highest BCUT2D eigenvalue weighted by molar-refractivity contribution is 6.31. The van der Waals surface area contributed by atoms with Crippen LogP contribution in [0.4, 0.5) is 0 Å². The average Bonchev–Trinajstić information content (AvgIpc) is 3.24. The molecule has 0 spiro atoms. The standard InChI is InChI=1S/C19H24ClN3O/c20-13-6-7-17-15(10-13)16(11-22-17)12-3-1-4-14(9-12)23-19(24)18-5-2-8-21-18/h6-7,10-12,14,18,21-22H,1-5,8-9H2,(H,23,24)/t12-,14+,18?/m1/s1. The molecule has 2 heterocycles. The fraction of sp³-hybridized carbons (Fsp3) is 0.526. The van der Waals surface area contributed by atoms with Crippen molar-refractivity contribution in [1.29, 1.82) is 0 Å². The number of fused-ring (bicyclic) bond motifs is 1. The zero-order chi connectivity index (χ0) is 16.5. The Kier molecular flexibility index (Phi) is 4.51. The Balaban J connectivity index is 1.47. The van der Waals surface area contributed by atoms with Crippen LogP contribution < -0.4 is 10.6 Å². The van der Waals surface area contributed by atoms with Gasteiger partial charge in [-0.25, -0.2) is 0 Å². The summed E-state index contributed by atoms with van der Waals surface area (Å²) in [5.41, 5.74) is 2.47. The van der Waals surface area contributed by atoms with E-state index < -0.39 is 0 Å². The summed E-state index contributed by atoms with van der Waals surface area (Å²) in [7, 11) is 0. The molecule has 4 rings (SSSR count). The van der Waals surface area contributed by atoms with Crippen molar-refractivity contribution in [2.24, 2.45) is 0 Å². The zero-order valence-electron chi connectivity index (χ0n) is 13.8. The molecule has 3 N–H and O–H groups in total. The van der Waals surface area contributed by atoms with Crippen LogP contribution in [0.15, 0.2) is 24.4 Å². The van der Waals surface area contributed by atoms with Crippen LogP contribution in [0, 0.1) is 0 Å². The molecule has 1 unspecified atom stereocenters. The highest BCUT2D eigenvalue weighted by atomic mass is 35.5. The van der Waals surface area contributed by atoms with Crippen molar-refractivity contribution in [3.8, 4) is 0 Å². The monoisotopic (exact) mass is 345 g/mol. The molecule has 1 aliphatic heterocycles. The number of hydrogen-bond donors (Lipinski definition) is 3. The summed E-state index contributed by atoms with van der Waals surface area (Å²) in [5.74, 6) is 0.660. The summed E-state index contributed by atoms with van der Waals surface area (Å²) in [6.45, 7) is 0.960. The van der Waals surface area contributed by atoms with Crippen LogP contribution in [-0.2, 0) is 4.79 Å². The lowest BCUT2D eigenvalue weighted by Crippen LogP contribution is -2.46. The molecule has 4 nitrogen and oxygen atoms in total. The zero-order valence-corrected chi connectivity index (χ0v) is 14.5. The first-order valence-electron chi connectivity index (χ1n) is 9.01. The average molecular weight is 346 g/mol. The second-order valence-electron chi connectivity index (χ2n) is 7.15. The minimum atomic E-state index is 0.0114. The number of aromatic amines is 1. The lowest BCUT2D eigenvalue weighted by atomic mass is 9.81. The predicted octanol–water partition coefficient (Wildman–Crippen LogP) is 3.72. The third kappa shape index (κ3) is 3.17. The Hall–Kier alpha value is -1.52. The molecule has 1 saturated carbocycles. The van der Waals surface area contributed by atoms with Crippen molar-refractivity contribution in [2.45, 2.75) is 56.5 Å². The molecule has 0 bridgehead atoms. The van der Waals surface area contributed by atoms with Crippen LogP contribution in [-0.4, -0.2) is 29.5 Å². The second kappa shape index (κ2) is 6.77. The number of benzene rings is 1. The van der Waals surface area contributed by atoms with Gasteiger partial charge in [0.25, 0.3) is 0 Å². The van der Waals surface area contributed by atoms with Crippen LogP contribution in [0.1, 0.15) is 50.0 Å². The van der Waals surface area contributed by atoms with Gasteiger partial charge in [0.05, 0.1) is 6.04 Å². The van der Waals surface area contributed by atoms with Crippen molar-refractivity contribution < 1.29 is 4.79 Å². The second-order valence-corrected chi connectivity index (χ2v) is 7.59. The molecule has 1 aliphatic carbocycles. The quantitative estimate of drug-likeness (QED) is 0.794. The Morgan fingerprint density at radius 3 is 2.96 bits per heavy atom. The summed E-state index contributed by atoms with van der Waals surface area (Å²) in [6.07, 6.45) is 8.60. The fourth-order valence-electron chi connectivity index (χ4n) is 4.27. The van der Waals surface area contributed by atoms with Gasteiger partial charge in [0.15, 0.2) is 0 Å². The van der Waals surface area contributed by atoms with Crippen molar-refractivity contribution in [1.82, 2.24) is 15.6 Å². The largest absolute Gasteiger partial charge is 0.361 e. The van der Waals surface area contributed by atoms with E-state index in [0.717, 1.165) is 49.2 Å². The van der Waals surface area contributed by atoms with E-state index in [2.05, 4.69) is 21.8 Å². The number of carbonyl (C=O) groups excluding carboxylic acids is 1.